The second kappa shape index (κ2) is 5.26. The van der Waals surface area contributed by atoms with Crippen molar-refractivity contribution in [3.63, 3.8) is 0 Å². The smallest absolute Gasteiger partial charge is 0.340 e. The molecule has 0 fully saturated rings. The fraction of sp³-hybridized carbons (Fsp3) is 0.444. The molecule has 1 heterocycles. The normalized spacial score (nSPS) is 11.9. The SMILES string of the molecule is NCc1cc(F)cnc1OCC(F)(F)C(F)F. The molecule has 1 aromatic heterocycles. The molecule has 1 aromatic rings. The quantitative estimate of drug-likeness (QED) is 0.819. The maximum Gasteiger partial charge on any atom is 0.340 e. The van der Waals surface area contributed by atoms with Gasteiger partial charge in [0.2, 0.25) is 5.88 Å². The number of hydrogen-bond donors (Lipinski definition) is 1. The van der Waals surface area contributed by atoms with Gasteiger partial charge < -0.3 is 10.5 Å². The molecule has 0 saturated heterocycles. The Hall–Kier alpha value is -1.44. The summed E-state index contributed by atoms with van der Waals surface area (Å²) in [6.07, 6.45) is -3.13. The molecule has 17 heavy (non-hydrogen) atoms. The van der Waals surface area contributed by atoms with E-state index in [0.29, 0.717) is 0 Å². The summed E-state index contributed by atoms with van der Waals surface area (Å²) in [5.41, 5.74) is 5.22. The van der Waals surface area contributed by atoms with Crippen molar-refractivity contribution in [3.05, 3.63) is 23.6 Å². The third-order valence-electron chi connectivity index (χ3n) is 1.83. The van der Waals surface area contributed by atoms with E-state index in [4.69, 9.17) is 5.73 Å². The lowest BCUT2D eigenvalue weighted by molar-refractivity contribution is -0.148. The van der Waals surface area contributed by atoms with Crippen molar-refractivity contribution in [2.24, 2.45) is 5.73 Å². The van der Waals surface area contributed by atoms with Gasteiger partial charge in [-0.3, -0.25) is 0 Å². The van der Waals surface area contributed by atoms with Crippen molar-refractivity contribution < 1.29 is 26.7 Å². The first-order valence-electron chi connectivity index (χ1n) is 4.50. The number of aromatic nitrogens is 1. The number of pyridine rings is 1. The van der Waals surface area contributed by atoms with Gasteiger partial charge in [0, 0.05) is 12.1 Å². The van der Waals surface area contributed by atoms with Crippen LogP contribution in [-0.4, -0.2) is 23.9 Å². The van der Waals surface area contributed by atoms with Crippen LogP contribution in [0.3, 0.4) is 0 Å². The highest BCUT2D eigenvalue weighted by Crippen LogP contribution is 2.25. The Balaban J connectivity index is 2.76. The van der Waals surface area contributed by atoms with Crippen molar-refractivity contribution >= 4 is 0 Å². The van der Waals surface area contributed by atoms with Crippen molar-refractivity contribution in [3.8, 4) is 5.88 Å². The van der Waals surface area contributed by atoms with Gasteiger partial charge in [0.15, 0.2) is 6.61 Å². The van der Waals surface area contributed by atoms with Crippen LogP contribution in [0.4, 0.5) is 22.0 Å². The Kier molecular flexibility index (Phi) is 4.22. The van der Waals surface area contributed by atoms with E-state index in [-0.39, 0.29) is 18.0 Å². The Bertz CT molecular complexity index is 386. The van der Waals surface area contributed by atoms with E-state index in [2.05, 4.69) is 9.72 Å². The third kappa shape index (κ3) is 3.52. The summed E-state index contributed by atoms with van der Waals surface area (Å²) >= 11 is 0. The molecule has 0 bridgehead atoms. The first-order valence-corrected chi connectivity index (χ1v) is 4.50. The lowest BCUT2D eigenvalue weighted by Crippen LogP contribution is -2.34. The summed E-state index contributed by atoms with van der Waals surface area (Å²) in [5.74, 6) is -5.39. The van der Waals surface area contributed by atoms with Gasteiger partial charge in [-0.05, 0) is 6.07 Å². The monoisotopic (exact) mass is 256 g/mol. The highest BCUT2D eigenvalue weighted by molar-refractivity contribution is 5.25. The average molecular weight is 256 g/mol. The van der Waals surface area contributed by atoms with Crippen molar-refractivity contribution in [1.82, 2.24) is 4.98 Å². The molecule has 0 aliphatic heterocycles. The lowest BCUT2D eigenvalue weighted by atomic mass is 10.2. The summed E-state index contributed by atoms with van der Waals surface area (Å²) < 4.78 is 65.8. The predicted molar refractivity (Wildman–Crippen MR) is 48.5 cm³/mol. The summed E-state index contributed by atoms with van der Waals surface area (Å²) in [7, 11) is 0. The second-order valence-corrected chi connectivity index (χ2v) is 3.17. The highest BCUT2D eigenvalue weighted by Gasteiger charge is 2.42. The minimum absolute atomic E-state index is 0.0232. The van der Waals surface area contributed by atoms with Crippen LogP contribution in [0.25, 0.3) is 0 Å². The first-order chi connectivity index (χ1) is 7.86. The van der Waals surface area contributed by atoms with Crippen LogP contribution < -0.4 is 10.5 Å². The van der Waals surface area contributed by atoms with Gasteiger partial charge in [0.25, 0.3) is 0 Å². The summed E-state index contributed by atoms with van der Waals surface area (Å²) in [5, 5.41) is 0. The fourth-order valence-corrected chi connectivity index (χ4v) is 0.972. The minimum Gasteiger partial charge on any atom is -0.471 e. The standard InChI is InChI=1S/C9H9F5N2O/c10-6-1-5(2-15)7(16-3-6)17-4-9(13,14)8(11)12/h1,3,8H,2,4,15H2. The number of rotatable bonds is 5. The molecule has 0 saturated carbocycles. The van der Waals surface area contributed by atoms with E-state index in [9.17, 15) is 22.0 Å². The first kappa shape index (κ1) is 13.6. The van der Waals surface area contributed by atoms with Gasteiger partial charge in [-0.2, -0.15) is 8.78 Å². The molecule has 0 radical (unpaired) electrons. The van der Waals surface area contributed by atoms with Gasteiger partial charge in [-0.1, -0.05) is 0 Å². The van der Waals surface area contributed by atoms with E-state index < -0.39 is 24.8 Å². The van der Waals surface area contributed by atoms with Gasteiger partial charge in [-0.25, -0.2) is 18.2 Å². The maximum absolute atomic E-state index is 12.7. The second-order valence-electron chi connectivity index (χ2n) is 3.17. The van der Waals surface area contributed by atoms with E-state index in [1.54, 1.807) is 0 Å². The van der Waals surface area contributed by atoms with Gasteiger partial charge >= 0.3 is 12.3 Å². The van der Waals surface area contributed by atoms with Gasteiger partial charge in [0.1, 0.15) is 5.82 Å². The van der Waals surface area contributed by atoms with Crippen LogP contribution in [0, 0.1) is 5.82 Å². The van der Waals surface area contributed by atoms with Crippen LogP contribution in [0.15, 0.2) is 12.3 Å². The minimum atomic E-state index is -4.29. The van der Waals surface area contributed by atoms with Crippen LogP contribution in [0.1, 0.15) is 5.56 Å². The van der Waals surface area contributed by atoms with Crippen molar-refractivity contribution in [1.29, 1.82) is 0 Å². The topological polar surface area (TPSA) is 48.1 Å². The molecular formula is C9H9F5N2O. The van der Waals surface area contributed by atoms with Crippen LogP contribution >= 0.6 is 0 Å². The highest BCUT2D eigenvalue weighted by atomic mass is 19.3. The molecule has 96 valence electrons. The molecule has 0 unspecified atom stereocenters. The molecule has 1 rings (SSSR count). The zero-order valence-corrected chi connectivity index (χ0v) is 8.47. The summed E-state index contributed by atoms with van der Waals surface area (Å²) in [4.78, 5) is 3.36. The van der Waals surface area contributed by atoms with Crippen molar-refractivity contribution in [2.75, 3.05) is 6.61 Å². The van der Waals surface area contributed by atoms with Crippen LogP contribution in [0.5, 0.6) is 5.88 Å². The van der Waals surface area contributed by atoms with E-state index in [0.717, 1.165) is 12.3 Å². The maximum atomic E-state index is 12.7. The molecular weight excluding hydrogens is 247 g/mol. The molecule has 0 aromatic carbocycles. The van der Waals surface area contributed by atoms with Crippen molar-refractivity contribution in [2.45, 2.75) is 18.9 Å². The lowest BCUT2D eigenvalue weighted by Gasteiger charge is -2.16. The van der Waals surface area contributed by atoms with E-state index in [1.165, 1.54) is 0 Å². The predicted octanol–water partition coefficient (Wildman–Crippen LogP) is 1.96. The summed E-state index contributed by atoms with van der Waals surface area (Å²) in [6.45, 7) is -1.75. The molecule has 8 heteroatoms. The molecule has 3 nitrogen and oxygen atoms in total. The average Bonchev–Trinajstić information content (AvgIpc) is 2.27. The molecule has 0 aliphatic carbocycles. The number of hydrogen-bond acceptors (Lipinski definition) is 3. The Labute approximate surface area is 93.4 Å². The van der Waals surface area contributed by atoms with Crippen LogP contribution in [-0.2, 0) is 6.54 Å². The largest absolute Gasteiger partial charge is 0.471 e. The molecule has 2 N–H and O–H groups in total. The summed E-state index contributed by atoms with van der Waals surface area (Å²) in [6, 6.07) is 0.933. The number of nitrogens with zero attached hydrogens (tertiary/aromatic N) is 1. The number of halogens is 5. The Morgan fingerprint density at radius 2 is 2.06 bits per heavy atom. The number of nitrogens with two attached hydrogens (primary N) is 1. The molecule has 0 atom stereocenters. The van der Waals surface area contributed by atoms with Gasteiger partial charge in [0.05, 0.1) is 6.20 Å². The zero-order valence-electron chi connectivity index (χ0n) is 8.47. The van der Waals surface area contributed by atoms with Gasteiger partial charge in [-0.15, -0.1) is 0 Å². The number of ether oxygens (including phenoxy) is 1. The molecule has 0 spiro atoms. The van der Waals surface area contributed by atoms with E-state index >= 15 is 0 Å². The molecule has 0 aliphatic rings. The fourth-order valence-electron chi connectivity index (χ4n) is 0.972. The Morgan fingerprint density at radius 1 is 1.41 bits per heavy atom. The number of alkyl halides is 4. The zero-order chi connectivity index (χ0) is 13.1. The van der Waals surface area contributed by atoms with Crippen LogP contribution in [0.2, 0.25) is 0 Å². The van der Waals surface area contributed by atoms with E-state index in [1.807, 2.05) is 0 Å². The molecule has 0 amide bonds. The third-order valence-corrected chi connectivity index (χ3v) is 1.83. The Morgan fingerprint density at radius 3 is 2.59 bits per heavy atom.